The standard InChI is InChI=1S/C20H26F2N2O4/c1-5-23(6-2)13-8-9-14-12(4)16(18(25)28-15(14)10-13)17-20(21,22)11-24(17)19(26)27-7-3/h8-10,12,16-17H,5-7,11H2,1-4H3. The van der Waals surface area contributed by atoms with Gasteiger partial charge in [-0.3, -0.25) is 9.69 Å². The van der Waals surface area contributed by atoms with Crippen molar-refractivity contribution in [2.45, 2.75) is 45.6 Å². The van der Waals surface area contributed by atoms with Gasteiger partial charge in [0.2, 0.25) is 0 Å². The maximum absolute atomic E-state index is 14.4. The molecular weight excluding hydrogens is 370 g/mol. The van der Waals surface area contributed by atoms with Gasteiger partial charge >= 0.3 is 12.1 Å². The van der Waals surface area contributed by atoms with Gasteiger partial charge in [-0.1, -0.05) is 13.0 Å². The largest absolute Gasteiger partial charge is 0.450 e. The van der Waals surface area contributed by atoms with Crippen molar-refractivity contribution in [3.8, 4) is 5.75 Å². The highest BCUT2D eigenvalue weighted by atomic mass is 19.3. The number of halogens is 2. The number of ether oxygens (including phenoxy) is 2. The Balaban J connectivity index is 1.91. The molecule has 3 unspecified atom stereocenters. The molecule has 0 radical (unpaired) electrons. The Labute approximate surface area is 163 Å². The van der Waals surface area contributed by atoms with Gasteiger partial charge in [0.1, 0.15) is 11.8 Å². The van der Waals surface area contributed by atoms with E-state index in [1.165, 1.54) is 0 Å². The Morgan fingerprint density at radius 3 is 2.57 bits per heavy atom. The van der Waals surface area contributed by atoms with E-state index in [0.717, 1.165) is 23.7 Å². The number of alkyl halides is 2. The van der Waals surface area contributed by atoms with Crippen LogP contribution in [-0.2, 0) is 9.53 Å². The smallest absolute Gasteiger partial charge is 0.410 e. The van der Waals surface area contributed by atoms with E-state index in [2.05, 4.69) is 4.90 Å². The minimum atomic E-state index is -3.16. The molecule has 2 aliphatic heterocycles. The average molecular weight is 396 g/mol. The van der Waals surface area contributed by atoms with Crippen molar-refractivity contribution in [3.05, 3.63) is 23.8 Å². The summed E-state index contributed by atoms with van der Waals surface area (Å²) in [5.41, 5.74) is 1.59. The lowest BCUT2D eigenvalue weighted by molar-refractivity contribution is -0.199. The van der Waals surface area contributed by atoms with E-state index < -0.39 is 42.4 Å². The number of carbonyl (C=O) groups is 2. The first-order valence-corrected chi connectivity index (χ1v) is 9.66. The summed E-state index contributed by atoms with van der Waals surface area (Å²) in [6.45, 7) is 8.29. The van der Waals surface area contributed by atoms with E-state index in [0.29, 0.717) is 11.3 Å². The molecule has 1 aromatic carbocycles. The molecule has 0 saturated carbocycles. The molecule has 0 spiro atoms. The Kier molecular flexibility index (Phi) is 5.50. The van der Waals surface area contributed by atoms with Crippen LogP contribution in [0.25, 0.3) is 0 Å². The number of hydrogen-bond donors (Lipinski definition) is 0. The topological polar surface area (TPSA) is 59.1 Å². The summed E-state index contributed by atoms with van der Waals surface area (Å²) in [7, 11) is 0. The number of esters is 1. The molecule has 154 valence electrons. The van der Waals surface area contributed by atoms with Gasteiger partial charge in [-0.25, -0.2) is 13.6 Å². The molecule has 0 bridgehead atoms. The van der Waals surface area contributed by atoms with Gasteiger partial charge in [0.05, 0.1) is 19.1 Å². The first-order chi connectivity index (χ1) is 13.2. The minimum Gasteiger partial charge on any atom is -0.450 e. The van der Waals surface area contributed by atoms with Gasteiger partial charge in [-0.15, -0.1) is 0 Å². The molecule has 3 atom stereocenters. The van der Waals surface area contributed by atoms with Gasteiger partial charge < -0.3 is 14.4 Å². The van der Waals surface area contributed by atoms with E-state index >= 15 is 0 Å². The van der Waals surface area contributed by atoms with Crippen LogP contribution in [-0.4, -0.2) is 55.2 Å². The highest BCUT2D eigenvalue weighted by Crippen LogP contribution is 2.48. The fraction of sp³-hybridized carbons (Fsp3) is 0.600. The van der Waals surface area contributed by atoms with Crippen LogP contribution in [0.4, 0.5) is 19.3 Å². The molecule has 1 aromatic rings. The Morgan fingerprint density at radius 1 is 1.32 bits per heavy atom. The van der Waals surface area contributed by atoms with E-state index in [-0.39, 0.29) is 6.61 Å². The van der Waals surface area contributed by atoms with Crippen molar-refractivity contribution in [2.24, 2.45) is 5.92 Å². The van der Waals surface area contributed by atoms with Crippen LogP contribution in [0.1, 0.15) is 39.2 Å². The third kappa shape index (κ3) is 3.29. The lowest BCUT2D eigenvalue weighted by Crippen LogP contribution is -2.71. The summed E-state index contributed by atoms with van der Waals surface area (Å²) in [5, 5.41) is 0. The molecule has 0 aliphatic carbocycles. The summed E-state index contributed by atoms with van der Waals surface area (Å²) in [6, 6.07) is 3.93. The molecule has 1 amide bonds. The number of nitrogens with zero attached hydrogens (tertiary/aromatic N) is 2. The number of anilines is 1. The summed E-state index contributed by atoms with van der Waals surface area (Å²) in [5.74, 6) is -5.18. The molecule has 28 heavy (non-hydrogen) atoms. The number of benzene rings is 1. The van der Waals surface area contributed by atoms with Crippen molar-refractivity contribution in [2.75, 3.05) is 31.1 Å². The number of carbonyl (C=O) groups excluding carboxylic acids is 2. The predicted molar refractivity (Wildman–Crippen MR) is 100 cm³/mol. The molecule has 1 fully saturated rings. The summed E-state index contributed by atoms with van der Waals surface area (Å²) < 4.78 is 39.0. The first kappa shape index (κ1) is 20.4. The number of rotatable bonds is 5. The molecule has 2 aliphatic rings. The quantitative estimate of drug-likeness (QED) is 0.562. The van der Waals surface area contributed by atoms with Gasteiger partial charge in [0.15, 0.2) is 0 Å². The molecule has 0 aromatic heterocycles. The van der Waals surface area contributed by atoms with E-state index in [4.69, 9.17) is 9.47 Å². The van der Waals surface area contributed by atoms with E-state index in [1.807, 2.05) is 26.0 Å². The highest BCUT2D eigenvalue weighted by Gasteiger charge is 2.64. The van der Waals surface area contributed by atoms with Gasteiger partial charge in [0.25, 0.3) is 5.92 Å². The summed E-state index contributed by atoms with van der Waals surface area (Å²) in [6.07, 6.45) is -0.832. The number of amides is 1. The van der Waals surface area contributed by atoms with Crippen LogP contribution in [0, 0.1) is 5.92 Å². The maximum Gasteiger partial charge on any atom is 0.410 e. The van der Waals surface area contributed by atoms with Crippen LogP contribution in [0.15, 0.2) is 18.2 Å². The fourth-order valence-corrected chi connectivity index (χ4v) is 4.13. The number of likely N-dealkylation sites (tertiary alicyclic amines) is 1. The van der Waals surface area contributed by atoms with Crippen LogP contribution in [0.5, 0.6) is 5.75 Å². The van der Waals surface area contributed by atoms with Crippen molar-refractivity contribution in [1.29, 1.82) is 0 Å². The number of hydrogen-bond acceptors (Lipinski definition) is 5. The Morgan fingerprint density at radius 2 is 2.00 bits per heavy atom. The molecule has 6 nitrogen and oxygen atoms in total. The van der Waals surface area contributed by atoms with E-state index in [1.54, 1.807) is 19.9 Å². The summed E-state index contributed by atoms with van der Waals surface area (Å²) in [4.78, 5) is 27.7. The Bertz CT molecular complexity index is 767. The third-order valence-electron chi connectivity index (χ3n) is 5.63. The van der Waals surface area contributed by atoms with Crippen molar-refractivity contribution >= 4 is 17.7 Å². The summed E-state index contributed by atoms with van der Waals surface area (Å²) >= 11 is 0. The SMILES string of the molecule is CCOC(=O)N1CC(F)(F)C1C1C(=O)Oc2cc(N(CC)CC)ccc2C1C. The zero-order valence-electron chi connectivity index (χ0n) is 16.6. The zero-order chi connectivity index (χ0) is 20.6. The molecule has 2 heterocycles. The monoisotopic (exact) mass is 396 g/mol. The van der Waals surface area contributed by atoms with Crippen LogP contribution in [0.2, 0.25) is 0 Å². The number of fused-ring (bicyclic) bond motifs is 1. The second-order valence-electron chi connectivity index (χ2n) is 7.16. The molecule has 8 heteroatoms. The second kappa shape index (κ2) is 7.56. The van der Waals surface area contributed by atoms with Crippen molar-refractivity contribution in [3.63, 3.8) is 0 Å². The second-order valence-corrected chi connectivity index (χ2v) is 7.16. The highest BCUT2D eigenvalue weighted by molar-refractivity contribution is 5.82. The zero-order valence-corrected chi connectivity index (χ0v) is 16.6. The molecular formula is C20H26F2N2O4. The predicted octanol–water partition coefficient (Wildman–Crippen LogP) is 3.65. The third-order valence-corrected chi connectivity index (χ3v) is 5.63. The van der Waals surface area contributed by atoms with Crippen molar-refractivity contribution < 1.29 is 27.8 Å². The van der Waals surface area contributed by atoms with Crippen LogP contribution >= 0.6 is 0 Å². The van der Waals surface area contributed by atoms with Crippen LogP contribution < -0.4 is 9.64 Å². The first-order valence-electron chi connectivity index (χ1n) is 9.66. The maximum atomic E-state index is 14.4. The molecule has 3 rings (SSSR count). The molecule has 1 saturated heterocycles. The normalized spacial score (nSPS) is 25.4. The Hall–Kier alpha value is -2.38. The lowest BCUT2D eigenvalue weighted by atomic mass is 9.74. The fourth-order valence-electron chi connectivity index (χ4n) is 4.13. The van der Waals surface area contributed by atoms with Gasteiger partial charge in [-0.05, 0) is 32.4 Å². The van der Waals surface area contributed by atoms with Gasteiger partial charge in [-0.2, -0.15) is 0 Å². The lowest BCUT2D eigenvalue weighted by Gasteiger charge is -2.51. The van der Waals surface area contributed by atoms with Crippen molar-refractivity contribution in [1.82, 2.24) is 4.90 Å². The van der Waals surface area contributed by atoms with Crippen LogP contribution in [0.3, 0.4) is 0 Å². The molecule has 0 N–H and O–H groups in total. The van der Waals surface area contributed by atoms with Gasteiger partial charge in [0, 0.05) is 30.8 Å². The van der Waals surface area contributed by atoms with E-state index in [9.17, 15) is 18.4 Å². The average Bonchev–Trinajstić information content (AvgIpc) is 2.64. The minimum absolute atomic E-state index is 0.0786.